The Hall–Kier alpha value is -1.39. The summed E-state index contributed by atoms with van der Waals surface area (Å²) in [5.41, 5.74) is 6.54. The van der Waals surface area contributed by atoms with Gasteiger partial charge >= 0.3 is 0 Å². The molecule has 0 saturated carbocycles. The predicted molar refractivity (Wildman–Crippen MR) is 55.8 cm³/mol. The van der Waals surface area contributed by atoms with Gasteiger partial charge in [0.15, 0.2) is 0 Å². The summed E-state index contributed by atoms with van der Waals surface area (Å²) >= 11 is 0. The second kappa shape index (κ2) is 4.42. The Morgan fingerprint density at radius 3 is 2.73 bits per heavy atom. The van der Waals surface area contributed by atoms with Crippen LogP contribution in [0.4, 0.5) is 0 Å². The Labute approximate surface area is 88.3 Å². The Morgan fingerprint density at radius 2 is 2.07 bits per heavy atom. The lowest BCUT2D eigenvalue weighted by molar-refractivity contribution is -0.134. The van der Waals surface area contributed by atoms with Crippen LogP contribution in [0, 0.1) is 0 Å². The molecule has 3 N–H and O–H groups in total. The number of hydrazine groups is 1. The molecule has 1 heterocycles. The predicted octanol–water partition coefficient (Wildman–Crippen LogP) is -0.0169. The van der Waals surface area contributed by atoms with Crippen LogP contribution in [-0.2, 0) is 11.2 Å². The zero-order valence-corrected chi connectivity index (χ0v) is 8.31. The van der Waals surface area contributed by atoms with Gasteiger partial charge in [-0.25, -0.2) is 5.43 Å². The van der Waals surface area contributed by atoms with Crippen molar-refractivity contribution in [3.05, 3.63) is 35.9 Å². The Kier molecular flexibility index (Phi) is 2.99. The van der Waals surface area contributed by atoms with Crippen LogP contribution in [-0.4, -0.2) is 23.2 Å². The standard InChI is InChI=1S/C11H14N2O2/c14-10-7-9(12-13-11(10)15)6-8-4-2-1-3-5-8/h1-5,9-10,12,14H,6-7H2,(H,13,15). The topological polar surface area (TPSA) is 61.4 Å². The summed E-state index contributed by atoms with van der Waals surface area (Å²) in [5, 5.41) is 9.37. The van der Waals surface area contributed by atoms with Gasteiger partial charge in [-0.1, -0.05) is 30.3 Å². The molecule has 15 heavy (non-hydrogen) atoms. The van der Waals surface area contributed by atoms with Gasteiger partial charge in [0.25, 0.3) is 5.91 Å². The second-order valence-corrected chi connectivity index (χ2v) is 3.77. The minimum atomic E-state index is -0.889. The van der Waals surface area contributed by atoms with Crippen molar-refractivity contribution < 1.29 is 9.90 Å². The third-order valence-electron chi connectivity index (χ3n) is 2.53. The van der Waals surface area contributed by atoms with Crippen LogP contribution in [0.5, 0.6) is 0 Å². The maximum absolute atomic E-state index is 11.0. The molecule has 4 heteroatoms. The monoisotopic (exact) mass is 206 g/mol. The average Bonchev–Trinajstić information content (AvgIpc) is 2.25. The van der Waals surface area contributed by atoms with E-state index in [1.54, 1.807) is 0 Å². The largest absolute Gasteiger partial charge is 0.383 e. The Morgan fingerprint density at radius 1 is 1.33 bits per heavy atom. The van der Waals surface area contributed by atoms with Gasteiger partial charge in [0.2, 0.25) is 0 Å². The van der Waals surface area contributed by atoms with Crippen LogP contribution in [0.2, 0.25) is 0 Å². The highest BCUT2D eigenvalue weighted by Crippen LogP contribution is 2.09. The molecule has 2 atom stereocenters. The summed E-state index contributed by atoms with van der Waals surface area (Å²) < 4.78 is 0. The van der Waals surface area contributed by atoms with Crippen LogP contribution in [0.25, 0.3) is 0 Å². The highest BCUT2D eigenvalue weighted by atomic mass is 16.3. The lowest BCUT2D eigenvalue weighted by Crippen LogP contribution is -2.56. The number of nitrogens with one attached hydrogen (secondary N) is 2. The van der Waals surface area contributed by atoms with E-state index in [1.165, 1.54) is 5.56 Å². The summed E-state index contributed by atoms with van der Waals surface area (Å²) in [6, 6.07) is 10.1. The van der Waals surface area contributed by atoms with Gasteiger partial charge in [0, 0.05) is 6.04 Å². The molecular weight excluding hydrogens is 192 g/mol. The van der Waals surface area contributed by atoms with Gasteiger partial charge in [-0.2, -0.15) is 0 Å². The van der Waals surface area contributed by atoms with Crippen molar-refractivity contribution in [2.24, 2.45) is 0 Å². The summed E-state index contributed by atoms with van der Waals surface area (Å²) in [7, 11) is 0. The molecule has 1 aliphatic rings. The Balaban J connectivity index is 1.94. The number of hydrogen-bond donors (Lipinski definition) is 3. The molecule has 2 rings (SSSR count). The van der Waals surface area contributed by atoms with Crippen molar-refractivity contribution in [2.45, 2.75) is 25.0 Å². The van der Waals surface area contributed by atoms with E-state index in [2.05, 4.69) is 10.9 Å². The molecule has 0 radical (unpaired) electrons. The van der Waals surface area contributed by atoms with Crippen molar-refractivity contribution in [2.75, 3.05) is 0 Å². The zero-order chi connectivity index (χ0) is 10.7. The minimum Gasteiger partial charge on any atom is -0.383 e. The highest BCUT2D eigenvalue weighted by molar-refractivity contribution is 5.80. The summed E-state index contributed by atoms with van der Waals surface area (Å²) in [4.78, 5) is 11.0. The summed E-state index contributed by atoms with van der Waals surface area (Å²) in [6.45, 7) is 0. The fourth-order valence-electron chi connectivity index (χ4n) is 1.72. The molecule has 2 unspecified atom stereocenters. The fourth-order valence-corrected chi connectivity index (χ4v) is 1.72. The van der Waals surface area contributed by atoms with E-state index in [-0.39, 0.29) is 11.9 Å². The molecule has 0 bridgehead atoms. The SMILES string of the molecule is O=C1NNC(Cc2ccccc2)CC1O. The van der Waals surface area contributed by atoms with Gasteiger partial charge in [-0.15, -0.1) is 0 Å². The molecule has 1 amide bonds. The van der Waals surface area contributed by atoms with Crippen molar-refractivity contribution in [1.82, 2.24) is 10.9 Å². The molecule has 1 aliphatic heterocycles. The fraction of sp³-hybridized carbons (Fsp3) is 0.364. The van der Waals surface area contributed by atoms with Crippen molar-refractivity contribution in [3.8, 4) is 0 Å². The first-order valence-corrected chi connectivity index (χ1v) is 5.03. The normalized spacial score (nSPS) is 26.1. The number of carbonyl (C=O) groups excluding carboxylic acids is 1. The van der Waals surface area contributed by atoms with E-state index >= 15 is 0 Å². The van der Waals surface area contributed by atoms with Crippen LogP contribution < -0.4 is 10.9 Å². The molecule has 0 spiro atoms. The van der Waals surface area contributed by atoms with E-state index in [0.29, 0.717) is 6.42 Å². The van der Waals surface area contributed by atoms with Crippen LogP contribution in [0.3, 0.4) is 0 Å². The van der Waals surface area contributed by atoms with Crippen LogP contribution in [0.1, 0.15) is 12.0 Å². The highest BCUT2D eigenvalue weighted by Gasteiger charge is 2.26. The van der Waals surface area contributed by atoms with Crippen molar-refractivity contribution >= 4 is 5.91 Å². The van der Waals surface area contributed by atoms with E-state index in [1.807, 2.05) is 30.3 Å². The zero-order valence-electron chi connectivity index (χ0n) is 8.31. The first kappa shape index (κ1) is 10.1. The van der Waals surface area contributed by atoms with Gasteiger partial charge in [0.05, 0.1) is 0 Å². The van der Waals surface area contributed by atoms with Crippen LogP contribution >= 0.6 is 0 Å². The molecule has 1 aromatic rings. The lowest BCUT2D eigenvalue weighted by Gasteiger charge is -2.27. The molecule has 1 aromatic carbocycles. The second-order valence-electron chi connectivity index (χ2n) is 3.77. The average molecular weight is 206 g/mol. The molecule has 80 valence electrons. The molecule has 0 aromatic heterocycles. The molecule has 1 fully saturated rings. The summed E-state index contributed by atoms with van der Waals surface area (Å²) in [5.74, 6) is -0.348. The first-order valence-electron chi connectivity index (χ1n) is 5.03. The number of rotatable bonds is 2. The molecule has 0 aliphatic carbocycles. The first-order chi connectivity index (χ1) is 7.25. The third kappa shape index (κ3) is 2.55. The number of aliphatic hydroxyl groups excluding tert-OH is 1. The van der Waals surface area contributed by atoms with Gasteiger partial charge in [-0.3, -0.25) is 10.2 Å². The van der Waals surface area contributed by atoms with E-state index < -0.39 is 6.10 Å². The number of benzene rings is 1. The van der Waals surface area contributed by atoms with Crippen molar-refractivity contribution in [1.29, 1.82) is 0 Å². The lowest BCUT2D eigenvalue weighted by atomic mass is 9.99. The van der Waals surface area contributed by atoms with E-state index in [0.717, 1.165) is 6.42 Å². The van der Waals surface area contributed by atoms with Gasteiger partial charge in [-0.05, 0) is 18.4 Å². The van der Waals surface area contributed by atoms with Crippen LogP contribution in [0.15, 0.2) is 30.3 Å². The van der Waals surface area contributed by atoms with E-state index in [4.69, 9.17) is 0 Å². The quantitative estimate of drug-likeness (QED) is 0.637. The molecule has 4 nitrogen and oxygen atoms in total. The maximum atomic E-state index is 11.0. The summed E-state index contributed by atoms with van der Waals surface area (Å²) in [6.07, 6.45) is 0.374. The third-order valence-corrected chi connectivity index (χ3v) is 2.53. The number of hydrogen-bond acceptors (Lipinski definition) is 3. The number of aliphatic hydroxyl groups is 1. The smallest absolute Gasteiger partial charge is 0.262 e. The maximum Gasteiger partial charge on any atom is 0.262 e. The molecule has 1 saturated heterocycles. The van der Waals surface area contributed by atoms with Gasteiger partial charge in [0.1, 0.15) is 6.10 Å². The van der Waals surface area contributed by atoms with Gasteiger partial charge < -0.3 is 5.11 Å². The van der Waals surface area contributed by atoms with Crippen molar-refractivity contribution in [3.63, 3.8) is 0 Å². The number of amides is 1. The van der Waals surface area contributed by atoms with E-state index in [9.17, 15) is 9.90 Å². The minimum absolute atomic E-state index is 0.0973. The Bertz CT molecular complexity index is 340. The molecular formula is C11H14N2O2. The number of carbonyl (C=O) groups is 1.